The summed E-state index contributed by atoms with van der Waals surface area (Å²) >= 11 is 11.7. The molecule has 6 heteroatoms. The van der Waals surface area contributed by atoms with Gasteiger partial charge in [0.15, 0.2) is 10.3 Å². The van der Waals surface area contributed by atoms with Gasteiger partial charge < -0.3 is 0 Å². The van der Waals surface area contributed by atoms with Gasteiger partial charge in [0.05, 0.1) is 6.20 Å². The lowest BCUT2D eigenvalue weighted by Gasteiger charge is -2.00. The molecule has 2 aromatic heterocycles. The Labute approximate surface area is 84.5 Å². The first kappa shape index (κ1) is 8.59. The van der Waals surface area contributed by atoms with E-state index in [-0.39, 0.29) is 0 Å². The van der Waals surface area contributed by atoms with Crippen molar-refractivity contribution < 1.29 is 0 Å². The highest BCUT2D eigenvalue weighted by molar-refractivity contribution is 6.40. The largest absolute Gasteiger partial charge is 0.270 e. The van der Waals surface area contributed by atoms with Gasteiger partial charge in [0.2, 0.25) is 0 Å². The molecule has 0 unspecified atom stereocenters. The second-order valence-corrected chi connectivity index (χ2v) is 3.23. The van der Waals surface area contributed by atoms with Crippen LogP contribution in [0.4, 0.5) is 0 Å². The highest BCUT2D eigenvalue weighted by atomic mass is 35.5. The minimum absolute atomic E-state index is 0.300. The topological polar surface area (TPSA) is 46.5 Å². The number of H-pyrrole nitrogens is 1. The van der Waals surface area contributed by atoms with Crippen LogP contribution in [0.2, 0.25) is 10.3 Å². The first-order chi connectivity index (χ1) is 6.20. The van der Waals surface area contributed by atoms with Gasteiger partial charge in [-0.1, -0.05) is 23.2 Å². The lowest BCUT2D eigenvalue weighted by molar-refractivity contribution is 0.912. The predicted molar refractivity (Wildman–Crippen MR) is 50.5 cm³/mol. The van der Waals surface area contributed by atoms with Crippen molar-refractivity contribution in [2.24, 2.45) is 0 Å². The average Bonchev–Trinajstić information content (AvgIpc) is 2.63. The van der Waals surface area contributed by atoms with E-state index in [2.05, 4.69) is 15.2 Å². The van der Waals surface area contributed by atoms with Crippen molar-refractivity contribution in [1.29, 1.82) is 0 Å². The number of nitrogens with zero attached hydrogens (tertiary/aromatic N) is 3. The SMILES string of the molecule is Cc1nc(Cl)c(Cl)n1-c1ccn[nH]1. The molecule has 0 atom stereocenters. The Kier molecular flexibility index (Phi) is 2.01. The maximum atomic E-state index is 5.93. The van der Waals surface area contributed by atoms with Gasteiger partial charge in [-0.25, -0.2) is 4.98 Å². The first-order valence-corrected chi connectivity index (χ1v) is 4.36. The average molecular weight is 217 g/mol. The minimum Gasteiger partial charge on any atom is -0.270 e. The second-order valence-electron chi connectivity index (χ2n) is 2.52. The summed E-state index contributed by atoms with van der Waals surface area (Å²) in [6.07, 6.45) is 1.64. The van der Waals surface area contributed by atoms with Gasteiger partial charge in [-0.3, -0.25) is 9.67 Å². The molecule has 0 aliphatic rings. The van der Waals surface area contributed by atoms with Crippen molar-refractivity contribution >= 4 is 23.2 Å². The molecule has 0 fully saturated rings. The summed E-state index contributed by atoms with van der Waals surface area (Å²) in [5.41, 5.74) is 0. The fourth-order valence-electron chi connectivity index (χ4n) is 1.13. The Balaban J connectivity index is 2.64. The van der Waals surface area contributed by atoms with Crippen molar-refractivity contribution in [3.05, 3.63) is 28.4 Å². The molecule has 0 saturated heterocycles. The molecule has 0 spiro atoms. The van der Waals surface area contributed by atoms with Gasteiger partial charge in [-0.2, -0.15) is 5.10 Å². The van der Waals surface area contributed by atoms with Gasteiger partial charge >= 0.3 is 0 Å². The highest BCUT2D eigenvalue weighted by Crippen LogP contribution is 2.24. The Morgan fingerprint density at radius 3 is 2.69 bits per heavy atom. The molecule has 68 valence electrons. The van der Waals surface area contributed by atoms with Crippen LogP contribution in [0.15, 0.2) is 12.3 Å². The number of aromatic nitrogens is 4. The van der Waals surface area contributed by atoms with E-state index < -0.39 is 0 Å². The molecule has 0 radical (unpaired) electrons. The van der Waals surface area contributed by atoms with Crippen molar-refractivity contribution in [2.45, 2.75) is 6.92 Å². The van der Waals surface area contributed by atoms with E-state index in [1.807, 2.05) is 6.92 Å². The van der Waals surface area contributed by atoms with Crippen molar-refractivity contribution in [1.82, 2.24) is 19.7 Å². The molecule has 13 heavy (non-hydrogen) atoms. The summed E-state index contributed by atoms with van der Waals surface area (Å²) in [6, 6.07) is 1.79. The second kappa shape index (κ2) is 3.05. The van der Waals surface area contributed by atoms with Crippen LogP contribution in [0.5, 0.6) is 0 Å². The zero-order chi connectivity index (χ0) is 9.42. The van der Waals surface area contributed by atoms with Crippen LogP contribution in [-0.4, -0.2) is 19.7 Å². The fraction of sp³-hybridized carbons (Fsp3) is 0.143. The number of nitrogens with one attached hydrogen (secondary N) is 1. The molecule has 2 heterocycles. The summed E-state index contributed by atoms with van der Waals surface area (Å²) in [5, 5.41) is 7.28. The quantitative estimate of drug-likeness (QED) is 0.795. The number of rotatable bonds is 1. The smallest absolute Gasteiger partial charge is 0.166 e. The summed E-state index contributed by atoms with van der Waals surface area (Å²) in [4.78, 5) is 4.02. The molecule has 4 nitrogen and oxygen atoms in total. The normalized spacial score (nSPS) is 10.7. The van der Waals surface area contributed by atoms with Gasteiger partial charge in [-0.05, 0) is 6.92 Å². The monoisotopic (exact) mass is 216 g/mol. The van der Waals surface area contributed by atoms with Crippen LogP contribution in [0, 0.1) is 6.92 Å². The summed E-state index contributed by atoms with van der Waals surface area (Å²) in [6.45, 7) is 1.82. The standard InChI is InChI=1S/C7H6Cl2N4/c1-4-11-6(8)7(9)13(4)5-2-3-10-12-5/h2-3H,1H3,(H,10,12). The van der Waals surface area contributed by atoms with E-state index in [9.17, 15) is 0 Å². The van der Waals surface area contributed by atoms with Gasteiger partial charge in [0, 0.05) is 6.07 Å². The molecule has 0 aliphatic carbocycles. The van der Waals surface area contributed by atoms with Gasteiger partial charge in [-0.15, -0.1) is 0 Å². The van der Waals surface area contributed by atoms with E-state index in [0.717, 1.165) is 11.6 Å². The van der Waals surface area contributed by atoms with Crippen molar-refractivity contribution in [3.8, 4) is 5.82 Å². The van der Waals surface area contributed by atoms with Gasteiger partial charge in [0.25, 0.3) is 0 Å². The molecule has 0 aliphatic heterocycles. The molecule has 0 bridgehead atoms. The maximum absolute atomic E-state index is 5.93. The van der Waals surface area contributed by atoms with Crippen LogP contribution < -0.4 is 0 Å². The van der Waals surface area contributed by atoms with E-state index >= 15 is 0 Å². The number of aryl methyl sites for hydroxylation is 1. The van der Waals surface area contributed by atoms with Gasteiger partial charge in [0.1, 0.15) is 11.6 Å². The Morgan fingerprint density at radius 1 is 1.46 bits per heavy atom. The third kappa shape index (κ3) is 1.32. The lowest BCUT2D eigenvalue weighted by atomic mass is 10.6. The number of halogens is 2. The third-order valence-electron chi connectivity index (χ3n) is 1.68. The number of imidazole rings is 1. The summed E-state index contributed by atoms with van der Waals surface area (Å²) in [7, 11) is 0. The van der Waals surface area contributed by atoms with E-state index in [0.29, 0.717) is 10.3 Å². The molecule has 0 saturated carbocycles. The predicted octanol–water partition coefficient (Wildman–Crippen LogP) is 2.21. The maximum Gasteiger partial charge on any atom is 0.166 e. The van der Waals surface area contributed by atoms with E-state index in [4.69, 9.17) is 23.2 Å². The Hall–Kier alpha value is -1.00. The Bertz CT molecular complexity index is 418. The Morgan fingerprint density at radius 2 is 2.23 bits per heavy atom. The van der Waals surface area contributed by atoms with E-state index in [1.54, 1.807) is 16.8 Å². The summed E-state index contributed by atoms with van der Waals surface area (Å²) < 4.78 is 1.69. The molecule has 1 N–H and O–H groups in total. The molecular weight excluding hydrogens is 211 g/mol. The zero-order valence-electron chi connectivity index (χ0n) is 6.75. The first-order valence-electron chi connectivity index (χ1n) is 3.60. The van der Waals surface area contributed by atoms with Crippen LogP contribution in [0.25, 0.3) is 5.82 Å². The number of aromatic amines is 1. The van der Waals surface area contributed by atoms with Crippen molar-refractivity contribution in [3.63, 3.8) is 0 Å². The molecular formula is C7H6Cl2N4. The number of hydrogen-bond acceptors (Lipinski definition) is 2. The fourth-order valence-corrected chi connectivity index (χ4v) is 1.59. The third-order valence-corrected chi connectivity index (χ3v) is 2.39. The molecule has 0 amide bonds. The van der Waals surface area contributed by atoms with Crippen LogP contribution in [-0.2, 0) is 0 Å². The molecule has 2 rings (SSSR count). The van der Waals surface area contributed by atoms with E-state index in [1.165, 1.54) is 0 Å². The highest BCUT2D eigenvalue weighted by Gasteiger charge is 2.12. The molecule has 2 aromatic rings. The number of hydrogen-bond donors (Lipinski definition) is 1. The minimum atomic E-state index is 0.300. The zero-order valence-corrected chi connectivity index (χ0v) is 8.26. The summed E-state index contributed by atoms with van der Waals surface area (Å²) in [5.74, 6) is 1.47. The lowest BCUT2D eigenvalue weighted by Crippen LogP contribution is -1.97. The van der Waals surface area contributed by atoms with Crippen molar-refractivity contribution in [2.75, 3.05) is 0 Å². The molecule has 0 aromatic carbocycles. The van der Waals surface area contributed by atoms with Crippen LogP contribution in [0.1, 0.15) is 5.82 Å². The van der Waals surface area contributed by atoms with Crippen LogP contribution in [0.3, 0.4) is 0 Å². The van der Waals surface area contributed by atoms with Crippen LogP contribution >= 0.6 is 23.2 Å².